The molecule has 4 heterocycles. The zero-order chi connectivity index (χ0) is 21.4. The second-order valence-electron chi connectivity index (χ2n) is 7.95. The summed E-state index contributed by atoms with van der Waals surface area (Å²) >= 11 is 0. The second kappa shape index (κ2) is 7.89. The van der Waals surface area contributed by atoms with Gasteiger partial charge in [0.1, 0.15) is 11.5 Å². The van der Waals surface area contributed by atoms with Crippen LogP contribution in [0.4, 0.5) is 29.1 Å². The Labute approximate surface area is 172 Å². The number of allylic oxidation sites excluding steroid dienone is 1. The Bertz CT molecular complexity index is 976. The Hall–Kier alpha value is -2.64. The minimum absolute atomic E-state index is 0.0219. The number of fused-ring (bicyclic) bond motifs is 1. The molecule has 4 rings (SSSR count). The van der Waals surface area contributed by atoms with Gasteiger partial charge >= 0.3 is 6.18 Å². The van der Waals surface area contributed by atoms with Gasteiger partial charge in [-0.25, -0.2) is 9.37 Å². The summed E-state index contributed by atoms with van der Waals surface area (Å²) in [5.74, 6) is -0.173. The number of nitrogens with zero attached hydrogens (tertiary/aromatic N) is 3. The van der Waals surface area contributed by atoms with E-state index in [0.29, 0.717) is 23.6 Å². The van der Waals surface area contributed by atoms with Gasteiger partial charge in [0.2, 0.25) is 0 Å². The van der Waals surface area contributed by atoms with Crippen LogP contribution in [0.15, 0.2) is 29.4 Å². The van der Waals surface area contributed by atoms with Crippen LogP contribution < -0.4 is 4.90 Å². The minimum atomic E-state index is -4.28. The topological polar surface area (TPSA) is 44.3 Å². The number of hydrogen-bond acceptors (Lipinski definition) is 3. The van der Waals surface area contributed by atoms with E-state index in [1.54, 1.807) is 18.0 Å². The van der Waals surface area contributed by atoms with Gasteiger partial charge in [-0.05, 0) is 37.8 Å². The molecule has 0 saturated carbocycles. The van der Waals surface area contributed by atoms with Gasteiger partial charge in [0, 0.05) is 31.1 Å². The largest absolute Gasteiger partial charge is 0.396 e. The molecule has 0 aromatic carbocycles. The smallest absolute Gasteiger partial charge is 0.357 e. The van der Waals surface area contributed by atoms with Crippen LogP contribution in [-0.4, -0.2) is 35.4 Å². The maximum absolute atomic E-state index is 14.7. The zero-order valence-electron chi connectivity index (χ0n) is 16.8. The monoisotopic (exact) mass is 420 g/mol. The zero-order valence-corrected chi connectivity index (χ0v) is 16.8. The number of alkyl halides is 3. The van der Waals surface area contributed by atoms with E-state index in [1.165, 1.54) is 12.1 Å². The highest BCUT2D eigenvalue weighted by Crippen LogP contribution is 2.49. The highest BCUT2D eigenvalue weighted by atomic mass is 19.4. The van der Waals surface area contributed by atoms with Gasteiger partial charge < -0.3 is 9.88 Å². The molecule has 30 heavy (non-hydrogen) atoms. The standard InChI is InChI=1S/C22H24F4N4/c1-2-9-21(22(24,25)26)10-12-30(14-21)18-8-7-16(23)20(29-18)19-15-6-4-3-5-11-27-17(15)13-28-19/h4,6-8,11,13,28H,2-3,5,9-10,12,14H2,1H3. The molecule has 2 aliphatic rings. The van der Waals surface area contributed by atoms with Gasteiger partial charge in [0.05, 0.1) is 16.8 Å². The van der Waals surface area contributed by atoms with Gasteiger partial charge in [-0.3, -0.25) is 4.99 Å². The van der Waals surface area contributed by atoms with Crippen LogP contribution in [0.1, 0.15) is 44.6 Å². The number of aliphatic imine (C=N–C) groups is 1. The number of hydrogen-bond donors (Lipinski definition) is 1. The van der Waals surface area contributed by atoms with E-state index in [2.05, 4.69) is 15.0 Å². The normalized spacial score (nSPS) is 21.6. The van der Waals surface area contributed by atoms with Crippen molar-refractivity contribution in [1.29, 1.82) is 0 Å². The molecule has 1 unspecified atom stereocenters. The Kier molecular flexibility index (Phi) is 5.42. The fourth-order valence-corrected chi connectivity index (χ4v) is 4.34. The summed E-state index contributed by atoms with van der Waals surface area (Å²) in [6.07, 6.45) is 5.31. The third-order valence-corrected chi connectivity index (χ3v) is 5.95. The maximum atomic E-state index is 14.7. The quantitative estimate of drug-likeness (QED) is 0.591. The van der Waals surface area contributed by atoms with Crippen LogP contribution in [0.5, 0.6) is 0 Å². The third kappa shape index (κ3) is 3.63. The van der Waals surface area contributed by atoms with Crippen molar-refractivity contribution in [2.45, 2.75) is 45.2 Å². The van der Waals surface area contributed by atoms with E-state index in [1.807, 2.05) is 18.4 Å². The van der Waals surface area contributed by atoms with E-state index >= 15 is 0 Å². The van der Waals surface area contributed by atoms with Crippen molar-refractivity contribution in [1.82, 2.24) is 9.97 Å². The lowest BCUT2D eigenvalue weighted by molar-refractivity contribution is -0.219. The molecule has 1 saturated heterocycles. The minimum Gasteiger partial charge on any atom is -0.357 e. The van der Waals surface area contributed by atoms with Gasteiger partial charge in [0.25, 0.3) is 0 Å². The van der Waals surface area contributed by atoms with Gasteiger partial charge in [0.15, 0.2) is 5.82 Å². The Balaban J connectivity index is 1.69. The molecule has 2 aromatic heterocycles. The van der Waals surface area contributed by atoms with Crippen LogP contribution in [-0.2, 0) is 0 Å². The van der Waals surface area contributed by atoms with Gasteiger partial charge in [-0.1, -0.05) is 25.5 Å². The first-order chi connectivity index (χ1) is 14.3. The van der Waals surface area contributed by atoms with Crippen molar-refractivity contribution in [3.8, 4) is 11.4 Å². The summed E-state index contributed by atoms with van der Waals surface area (Å²) < 4.78 is 56.0. The number of halogens is 4. The fraction of sp³-hybridized carbons (Fsp3) is 0.455. The average molecular weight is 420 g/mol. The molecular formula is C22H24F4N4. The van der Waals surface area contributed by atoms with Crippen molar-refractivity contribution in [2.24, 2.45) is 10.4 Å². The molecule has 0 radical (unpaired) electrons. The number of aromatic amines is 1. The summed E-state index contributed by atoms with van der Waals surface area (Å²) in [5.41, 5.74) is 0.250. The molecule has 2 aliphatic heterocycles. The third-order valence-electron chi connectivity index (χ3n) is 5.95. The SMILES string of the molecule is CCCC1(C(F)(F)F)CCN(c2ccc(F)c(-c3[nH]cc4c3C=CCCC=N4)n2)C1. The predicted octanol–water partition coefficient (Wildman–Crippen LogP) is 6.28. The molecule has 160 valence electrons. The fourth-order valence-electron chi connectivity index (χ4n) is 4.34. The highest BCUT2D eigenvalue weighted by molar-refractivity contribution is 5.82. The number of H-pyrrole nitrogens is 1. The van der Waals surface area contributed by atoms with Gasteiger partial charge in [-0.15, -0.1) is 0 Å². The first kappa shape index (κ1) is 20.6. The first-order valence-electron chi connectivity index (χ1n) is 10.2. The second-order valence-corrected chi connectivity index (χ2v) is 7.95. The lowest BCUT2D eigenvalue weighted by atomic mass is 9.82. The van der Waals surface area contributed by atoms with Crippen LogP contribution in [0.25, 0.3) is 17.5 Å². The summed E-state index contributed by atoms with van der Waals surface area (Å²) in [5, 5.41) is 0. The molecule has 0 spiro atoms. The van der Waals surface area contributed by atoms with E-state index in [0.717, 1.165) is 18.4 Å². The number of aromatic nitrogens is 2. The van der Waals surface area contributed by atoms with Crippen LogP contribution in [0.2, 0.25) is 0 Å². The summed E-state index contributed by atoms with van der Waals surface area (Å²) in [6, 6.07) is 2.73. The Morgan fingerprint density at radius 2 is 2.07 bits per heavy atom. The molecule has 2 aromatic rings. The average Bonchev–Trinajstić information content (AvgIpc) is 3.27. The maximum Gasteiger partial charge on any atom is 0.396 e. The lowest BCUT2D eigenvalue weighted by Gasteiger charge is -2.31. The van der Waals surface area contributed by atoms with E-state index in [9.17, 15) is 17.6 Å². The molecular weight excluding hydrogens is 396 g/mol. The molecule has 1 atom stereocenters. The van der Waals surface area contributed by atoms with Crippen LogP contribution in [0.3, 0.4) is 0 Å². The van der Waals surface area contributed by atoms with Crippen molar-refractivity contribution >= 4 is 23.8 Å². The van der Waals surface area contributed by atoms with E-state index in [-0.39, 0.29) is 31.6 Å². The molecule has 0 aliphatic carbocycles. The number of rotatable bonds is 4. The molecule has 0 bridgehead atoms. The molecule has 1 fully saturated rings. The van der Waals surface area contributed by atoms with Crippen molar-refractivity contribution in [3.63, 3.8) is 0 Å². The number of anilines is 1. The molecule has 4 nitrogen and oxygen atoms in total. The molecule has 8 heteroatoms. The van der Waals surface area contributed by atoms with E-state index in [4.69, 9.17) is 0 Å². The molecule has 0 amide bonds. The summed E-state index contributed by atoms with van der Waals surface area (Å²) in [7, 11) is 0. The molecule has 1 N–H and O–H groups in total. The van der Waals surface area contributed by atoms with Crippen molar-refractivity contribution in [2.75, 3.05) is 18.0 Å². The van der Waals surface area contributed by atoms with E-state index < -0.39 is 17.4 Å². The number of nitrogens with one attached hydrogen (secondary N) is 1. The Morgan fingerprint density at radius 1 is 1.23 bits per heavy atom. The van der Waals surface area contributed by atoms with Crippen LogP contribution >= 0.6 is 0 Å². The predicted molar refractivity (Wildman–Crippen MR) is 111 cm³/mol. The van der Waals surface area contributed by atoms with Crippen molar-refractivity contribution < 1.29 is 17.6 Å². The van der Waals surface area contributed by atoms with Crippen LogP contribution in [0, 0.1) is 11.2 Å². The first-order valence-corrected chi connectivity index (χ1v) is 10.2. The number of pyridine rings is 1. The summed E-state index contributed by atoms with van der Waals surface area (Å²) in [6.45, 7) is 1.85. The van der Waals surface area contributed by atoms with Gasteiger partial charge in [-0.2, -0.15) is 13.2 Å². The highest BCUT2D eigenvalue weighted by Gasteiger charge is 2.57. The lowest BCUT2D eigenvalue weighted by Crippen LogP contribution is -2.40. The van der Waals surface area contributed by atoms with Crippen molar-refractivity contribution in [3.05, 3.63) is 35.8 Å². The summed E-state index contributed by atoms with van der Waals surface area (Å²) in [4.78, 5) is 13.5. The Morgan fingerprint density at radius 3 is 2.83 bits per heavy atom.